The Hall–Kier alpha value is -2.93. The van der Waals surface area contributed by atoms with Crippen LogP contribution in [0.2, 0.25) is 0 Å². The highest BCUT2D eigenvalue weighted by molar-refractivity contribution is 5.93. The zero-order chi connectivity index (χ0) is 18.1. The fraction of sp³-hybridized carbons (Fsp3) is 0.278. The summed E-state index contributed by atoms with van der Waals surface area (Å²) in [6.45, 7) is 2.18. The molecule has 1 atom stereocenters. The Balaban J connectivity index is 1.66. The van der Waals surface area contributed by atoms with E-state index < -0.39 is 12.0 Å². The monoisotopic (exact) mass is 343 g/mol. The first-order valence-electron chi connectivity index (χ1n) is 7.90. The van der Waals surface area contributed by atoms with Gasteiger partial charge in [0, 0.05) is 25.5 Å². The van der Waals surface area contributed by atoms with Gasteiger partial charge in [0.05, 0.1) is 5.56 Å². The third-order valence-electron chi connectivity index (χ3n) is 3.43. The van der Waals surface area contributed by atoms with Crippen LogP contribution in [-0.4, -0.2) is 47.7 Å². The van der Waals surface area contributed by atoms with Crippen molar-refractivity contribution in [2.75, 3.05) is 19.7 Å². The molecule has 1 unspecified atom stereocenters. The molecule has 0 aliphatic carbocycles. The fourth-order valence-corrected chi connectivity index (χ4v) is 2.04. The summed E-state index contributed by atoms with van der Waals surface area (Å²) >= 11 is 0. The van der Waals surface area contributed by atoms with E-state index in [1.165, 1.54) is 6.20 Å². The number of nitrogens with zero attached hydrogens (tertiary/aromatic N) is 1. The van der Waals surface area contributed by atoms with E-state index in [0.29, 0.717) is 11.3 Å². The van der Waals surface area contributed by atoms with Crippen molar-refractivity contribution >= 4 is 11.8 Å². The molecule has 0 radical (unpaired) electrons. The van der Waals surface area contributed by atoms with Crippen molar-refractivity contribution in [3.8, 4) is 5.75 Å². The van der Waals surface area contributed by atoms with Crippen LogP contribution in [-0.2, 0) is 4.79 Å². The molecule has 2 amide bonds. The van der Waals surface area contributed by atoms with E-state index in [2.05, 4.69) is 15.6 Å². The Morgan fingerprint density at radius 3 is 2.64 bits per heavy atom. The summed E-state index contributed by atoms with van der Waals surface area (Å²) < 4.78 is 5.43. The SMILES string of the molecule is Cc1ccccc1OCC(O)C(=O)NCCNC(=O)c1cccnc1. The number of carbonyl (C=O) groups excluding carboxylic acids is 2. The van der Waals surface area contributed by atoms with E-state index >= 15 is 0 Å². The van der Waals surface area contributed by atoms with Gasteiger partial charge < -0.3 is 20.5 Å². The number of aliphatic hydroxyl groups excluding tert-OH is 1. The molecule has 7 heteroatoms. The molecule has 25 heavy (non-hydrogen) atoms. The number of pyridine rings is 1. The van der Waals surface area contributed by atoms with Crippen LogP contribution in [0.4, 0.5) is 0 Å². The molecule has 7 nitrogen and oxygen atoms in total. The number of carbonyl (C=O) groups is 2. The van der Waals surface area contributed by atoms with Crippen LogP contribution < -0.4 is 15.4 Å². The molecule has 0 saturated heterocycles. The van der Waals surface area contributed by atoms with E-state index in [4.69, 9.17) is 4.74 Å². The molecule has 0 fully saturated rings. The van der Waals surface area contributed by atoms with Gasteiger partial charge in [0.1, 0.15) is 12.4 Å². The Labute approximate surface area is 146 Å². The first-order valence-corrected chi connectivity index (χ1v) is 7.90. The molecule has 0 spiro atoms. The van der Waals surface area contributed by atoms with Gasteiger partial charge in [-0.25, -0.2) is 0 Å². The average molecular weight is 343 g/mol. The zero-order valence-electron chi connectivity index (χ0n) is 13.9. The first kappa shape index (κ1) is 18.4. The summed E-state index contributed by atoms with van der Waals surface area (Å²) in [4.78, 5) is 27.4. The van der Waals surface area contributed by atoms with Crippen molar-refractivity contribution in [2.45, 2.75) is 13.0 Å². The summed E-state index contributed by atoms with van der Waals surface area (Å²) in [5.41, 5.74) is 1.37. The van der Waals surface area contributed by atoms with Crippen molar-refractivity contribution in [3.05, 3.63) is 59.9 Å². The van der Waals surface area contributed by atoms with Crippen molar-refractivity contribution in [2.24, 2.45) is 0 Å². The molecule has 0 bridgehead atoms. The normalized spacial score (nSPS) is 11.4. The largest absolute Gasteiger partial charge is 0.490 e. The van der Waals surface area contributed by atoms with Gasteiger partial charge in [-0.15, -0.1) is 0 Å². The zero-order valence-corrected chi connectivity index (χ0v) is 13.9. The quantitative estimate of drug-likeness (QED) is 0.612. The van der Waals surface area contributed by atoms with E-state index in [-0.39, 0.29) is 25.6 Å². The van der Waals surface area contributed by atoms with Gasteiger partial charge in [-0.2, -0.15) is 0 Å². The highest BCUT2D eigenvalue weighted by Crippen LogP contribution is 2.16. The molecule has 2 aromatic rings. The third kappa shape index (κ3) is 5.89. The van der Waals surface area contributed by atoms with Gasteiger partial charge in [-0.05, 0) is 30.7 Å². The van der Waals surface area contributed by atoms with E-state index in [0.717, 1.165) is 5.56 Å². The number of nitrogens with one attached hydrogen (secondary N) is 2. The average Bonchev–Trinajstić information content (AvgIpc) is 2.64. The number of amides is 2. The van der Waals surface area contributed by atoms with E-state index in [1.807, 2.05) is 25.1 Å². The fourth-order valence-electron chi connectivity index (χ4n) is 2.04. The second-order valence-corrected chi connectivity index (χ2v) is 5.38. The number of ether oxygens (including phenoxy) is 1. The summed E-state index contributed by atoms with van der Waals surface area (Å²) in [6.07, 6.45) is 1.76. The lowest BCUT2D eigenvalue weighted by Gasteiger charge is -2.14. The van der Waals surface area contributed by atoms with Crippen molar-refractivity contribution in [1.29, 1.82) is 0 Å². The van der Waals surface area contributed by atoms with E-state index in [9.17, 15) is 14.7 Å². The Kier molecular flexibility index (Phi) is 6.91. The predicted octanol–water partition coefficient (Wildman–Crippen LogP) is 0.676. The van der Waals surface area contributed by atoms with Crippen molar-refractivity contribution in [1.82, 2.24) is 15.6 Å². The van der Waals surface area contributed by atoms with Gasteiger partial charge in [-0.1, -0.05) is 18.2 Å². The van der Waals surface area contributed by atoms with Gasteiger partial charge >= 0.3 is 0 Å². The maximum atomic E-state index is 11.8. The lowest BCUT2D eigenvalue weighted by Crippen LogP contribution is -2.42. The summed E-state index contributed by atoms with van der Waals surface area (Å²) in [7, 11) is 0. The van der Waals surface area contributed by atoms with Crippen LogP contribution in [0.3, 0.4) is 0 Å². The maximum Gasteiger partial charge on any atom is 0.252 e. The number of hydrogen-bond donors (Lipinski definition) is 3. The van der Waals surface area contributed by atoms with E-state index in [1.54, 1.807) is 24.4 Å². The number of aliphatic hydroxyl groups is 1. The number of rotatable bonds is 8. The summed E-state index contributed by atoms with van der Waals surface area (Å²) in [5.74, 6) is -0.201. The van der Waals surface area contributed by atoms with Crippen LogP contribution in [0.1, 0.15) is 15.9 Å². The molecular weight excluding hydrogens is 322 g/mol. The molecule has 3 N–H and O–H groups in total. The number of aryl methyl sites for hydroxylation is 1. The van der Waals surface area contributed by atoms with Gasteiger partial charge in [0.2, 0.25) is 0 Å². The first-order chi connectivity index (χ1) is 12.1. The minimum atomic E-state index is -1.28. The number of para-hydroxylation sites is 1. The molecule has 132 valence electrons. The van der Waals surface area contributed by atoms with Crippen LogP contribution in [0.5, 0.6) is 5.75 Å². The minimum Gasteiger partial charge on any atom is -0.490 e. The summed E-state index contributed by atoms with van der Waals surface area (Å²) in [6, 6.07) is 10.7. The number of benzene rings is 1. The predicted molar refractivity (Wildman–Crippen MR) is 92.3 cm³/mol. The second kappa shape index (κ2) is 9.39. The second-order valence-electron chi connectivity index (χ2n) is 5.38. The standard InChI is InChI=1S/C18H21N3O4/c1-13-5-2-3-7-16(13)25-12-15(22)18(24)21-10-9-20-17(23)14-6-4-8-19-11-14/h2-8,11,15,22H,9-10,12H2,1H3,(H,20,23)(H,21,24). The Morgan fingerprint density at radius 1 is 1.16 bits per heavy atom. The van der Waals surface area contributed by atoms with Crippen molar-refractivity contribution < 1.29 is 19.4 Å². The third-order valence-corrected chi connectivity index (χ3v) is 3.43. The smallest absolute Gasteiger partial charge is 0.252 e. The van der Waals surface area contributed by atoms with Gasteiger partial charge in [0.25, 0.3) is 11.8 Å². The molecule has 0 aliphatic heterocycles. The highest BCUT2D eigenvalue weighted by Gasteiger charge is 2.15. The molecular formula is C18H21N3O4. The molecule has 1 heterocycles. The number of hydrogen-bond acceptors (Lipinski definition) is 5. The molecule has 0 saturated carbocycles. The van der Waals surface area contributed by atoms with Crippen molar-refractivity contribution in [3.63, 3.8) is 0 Å². The van der Waals surface area contributed by atoms with Crippen LogP contribution in [0, 0.1) is 6.92 Å². The molecule has 1 aromatic heterocycles. The molecule has 1 aromatic carbocycles. The number of aromatic nitrogens is 1. The minimum absolute atomic E-state index is 0.140. The van der Waals surface area contributed by atoms with Crippen LogP contribution >= 0.6 is 0 Å². The Bertz CT molecular complexity index is 706. The van der Waals surface area contributed by atoms with Gasteiger partial charge in [0.15, 0.2) is 6.10 Å². The lowest BCUT2D eigenvalue weighted by molar-refractivity contribution is -0.130. The lowest BCUT2D eigenvalue weighted by atomic mass is 10.2. The molecule has 2 rings (SSSR count). The van der Waals surface area contributed by atoms with Crippen LogP contribution in [0.15, 0.2) is 48.8 Å². The molecule has 0 aliphatic rings. The topological polar surface area (TPSA) is 101 Å². The maximum absolute atomic E-state index is 11.8. The van der Waals surface area contributed by atoms with Gasteiger partial charge in [-0.3, -0.25) is 14.6 Å². The summed E-state index contributed by atoms with van der Waals surface area (Å²) in [5, 5.41) is 15.0. The highest BCUT2D eigenvalue weighted by atomic mass is 16.5. The Morgan fingerprint density at radius 2 is 1.92 bits per heavy atom. The van der Waals surface area contributed by atoms with Crippen LogP contribution in [0.25, 0.3) is 0 Å².